The van der Waals surface area contributed by atoms with Gasteiger partial charge in [-0.3, -0.25) is 19.7 Å². The van der Waals surface area contributed by atoms with Crippen LogP contribution >= 0.6 is 0 Å². The molecule has 0 radical (unpaired) electrons. The molecule has 5 heterocycles. The van der Waals surface area contributed by atoms with Crippen molar-refractivity contribution >= 4 is 11.8 Å². The molecule has 194 valence electrons. The Morgan fingerprint density at radius 1 is 1.14 bits per heavy atom. The zero-order chi connectivity index (χ0) is 25.6. The summed E-state index contributed by atoms with van der Waals surface area (Å²) in [6.45, 7) is 1.57. The highest BCUT2D eigenvalue weighted by Gasteiger charge is 2.47. The normalized spacial score (nSPS) is 28.2. The molecule has 0 spiro atoms. The van der Waals surface area contributed by atoms with Crippen LogP contribution in [-0.4, -0.2) is 68.9 Å². The van der Waals surface area contributed by atoms with Crippen LogP contribution in [0.15, 0.2) is 18.3 Å². The predicted octanol–water partition coefficient (Wildman–Crippen LogP) is 3.53. The third-order valence-electron chi connectivity index (χ3n) is 7.40. The van der Waals surface area contributed by atoms with Gasteiger partial charge in [-0.15, -0.1) is 0 Å². The molecule has 8 nitrogen and oxygen atoms in total. The van der Waals surface area contributed by atoms with E-state index in [2.05, 4.69) is 20.5 Å². The van der Waals surface area contributed by atoms with Crippen molar-refractivity contribution in [1.82, 2.24) is 25.4 Å². The number of carbonyl (C=O) groups excluding carboxylic acids is 2. The minimum absolute atomic E-state index is 0.129. The molecule has 3 saturated heterocycles. The smallest absolute Gasteiger partial charge is 0.367 e. The maximum atomic E-state index is 14.2. The summed E-state index contributed by atoms with van der Waals surface area (Å²) in [6.07, 6.45) is -2.55. The van der Waals surface area contributed by atoms with Crippen molar-refractivity contribution in [3.8, 4) is 11.3 Å². The summed E-state index contributed by atoms with van der Waals surface area (Å²) >= 11 is 0. The molecule has 36 heavy (non-hydrogen) atoms. The second-order valence-corrected chi connectivity index (χ2v) is 9.88. The maximum absolute atomic E-state index is 14.2. The summed E-state index contributed by atoms with van der Waals surface area (Å²) in [4.78, 5) is 31.9. The van der Waals surface area contributed by atoms with Gasteiger partial charge in [0.05, 0.1) is 24.5 Å². The van der Waals surface area contributed by atoms with E-state index in [0.717, 1.165) is 19.0 Å². The zero-order valence-electron chi connectivity index (χ0n) is 19.6. The Bertz CT molecular complexity index is 1130. The van der Waals surface area contributed by atoms with Crippen LogP contribution in [0, 0.1) is 18.7 Å². The lowest BCUT2D eigenvalue weighted by Crippen LogP contribution is -2.52. The third kappa shape index (κ3) is 4.82. The fraction of sp³-hybridized carbons (Fsp3) is 0.583. The lowest BCUT2D eigenvalue weighted by Gasteiger charge is -2.39. The first-order valence-electron chi connectivity index (χ1n) is 12.1. The van der Waals surface area contributed by atoms with Crippen LogP contribution in [0.5, 0.6) is 0 Å². The van der Waals surface area contributed by atoms with Gasteiger partial charge < -0.3 is 15.0 Å². The molecule has 3 aliphatic rings. The van der Waals surface area contributed by atoms with Crippen LogP contribution in [-0.2, 0) is 9.53 Å². The third-order valence-corrected chi connectivity index (χ3v) is 7.40. The summed E-state index contributed by atoms with van der Waals surface area (Å²) in [5, 5.41) is 9.68. The van der Waals surface area contributed by atoms with Crippen molar-refractivity contribution in [3.05, 3.63) is 35.5 Å². The molecular weight excluding hydrogens is 482 g/mol. The Labute approximate surface area is 204 Å². The quantitative estimate of drug-likeness (QED) is 0.615. The highest BCUT2D eigenvalue weighted by molar-refractivity contribution is 5.94. The number of hydrogen-bond donors (Lipinski definition) is 2. The van der Waals surface area contributed by atoms with E-state index in [9.17, 15) is 27.2 Å². The van der Waals surface area contributed by atoms with Crippen molar-refractivity contribution in [2.24, 2.45) is 5.92 Å². The Balaban J connectivity index is 1.20. The largest absolute Gasteiger partial charge is 0.414 e. The fourth-order valence-corrected chi connectivity index (χ4v) is 5.61. The number of amides is 2. The van der Waals surface area contributed by atoms with Gasteiger partial charge in [-0.2, -0.15) is 18.3 Å². The van der Waals surface area contributed by atoms with E-state index in [0.29, 0.717) is 24.2 Å². The molecule has 12 heteroatoms. The van der Waals surface area contributed by atoms with E-state index < -0.39 is 24.1 Å². The lowest BCUT2D eigenvalue weighted by atomic mass is 9.89. The number of hydrogen-bond acceptors (Lipinski definition) is 5. The first kappa shape index (κ1) is 24.7. The number of rotatable bonds is 4. The SMILES string of the molecule is Cc1cc(-c2cc(C(=O)N3[C@@H]4CC[C@H]3CC(C(=O)N[C@@H]3CC[C@H](C(F)(F)F)OC3)C4)[nH]n2)c(F)cn1. The van der Waals surface area contributed by atoms with Gasteiger partial charge in [0.2, 0.25) is 5.91 Å². The number of halogens is 4. The molecule has 0 aliphatic carbocycles. The molecule has 2 bridgehead atoms. The molecule has 2 amide bonds. The molecule has 1 unspecified atom stereocenters. The monoisotopic (exact) mass is 509 g/mol. The maximum Gasteiger partial charge on any atom is 0.414 e. The van der Waals surface area contributed by atoms with Crippen molar-refractivity contribution in [2.45, 2.75) is 75.9 Å². The standard InChI is InChI=1S/C24H27F4N5O3/c1-12-6-17(18(25)10-29-12)19-9-20(32-31-19)23(35)33-15-3-4-16(33)8-13(7-15)22(34)30-14-2-5-21(36-11-14)24(26,27)28/h6,9-10,13-16,21H,2-5,7-8,11H2,1H3,(H,30,34)(H,31,32)/t13?,14-,15-,16+,21-/m1/s1. The molecule has 0 saturated carbocycles. The van der Waals surface area contributed by atoms with Crippen molar-refractivity contribution in [3.63, 3.8) is 0 Å². The molecule has 5 rings (SSSR count). The summed E-state index contributed by atoms with van der Waals surface area (Å²) in [6, 6.07) is 2.38. The minimum atomic E-state index is -4.39. The van der Waals surface area contributed by atoms with Crippen molar-refractivity contribution < 1.29 is 31.9 Å². The fourth-order valence-electron chi connectivity index (χ4n) is 5.61. The van der Waals surface area contributed by atoms with Crippen LogP contribution in [0.3, 0.4) is 0 Å². The summed E-state index contributed by atoms with van der Waals surface area (Å²) in [5.41, 5.74) is 1.44. The molecular formula is C24H27F4N5O3. The molecule has 0 aromatic carbocycles. The average Bonchev–Trinajstić information content (AvgIpc) is 3.42. The number of nitrogens with one attached hydrogen (secondary N) is 2. The molecule has 2 aromatic heterocycles. The van der Waals surface area contributed by atoms with Gasteiger partial charge in [0, 0.05) is 29.3 Å². The summed E-state index contributed by atoms with van der Waals surface area (Å²) in [7, 11) is 0. The van der Waals surface area contributed by atoms with Crippen LogP contribution in [0.2, 0.25) is 0 Å². The topological polar surface area (TPSA) is 100 Å². The van der Waals surface area contributed by atoms with Gasteiger partial charge in [0.1, 0.15) is 5.69 Å². The number of pyridine rings is 1. The minimum Gasteiger partial charge on any atom is -0.367 e. The highest BCUT2D eigenvalue weighted by atomic mass is 19.4. The van der Waals surface area contributed by atoms with Gasteiger partial charge in [-0.25, -0.2) is 4.39 Å². The number of alkyl halides is 3. The molecule has 2 aromatic rings. The van der Waals surface area contributed by atoms with E-state index in [-0.39, 0.29) is 60.5 Å². The molecule has 2 N–H and O–H groups in total. The number of fused-ring (bicyclic) bond motifs is 2. The Kier molecular flexibility index (Phi) is 6.48. The Morgan fingerprint density at radius 2 is 1.86 bits per heavy atom. The van der Waals surface area contributed by atoms with Crippen LogP contribution < -0.4 is 5.32 Å². The number of aromatic nitrogens is 3. The lowest BCUT2D eigenvalue weighted by molar-refractivity contribution is -0.232. The van der Waals surface area contributed by atoms with E-state index in [1.807, 2.05) is 0 Å². The van der Waals surface area contributed by atoms with Crippen LogP contribution in [0.4, 0.5) is 17.6 Å². The average molecular weight is 510 g/mol. The van der Waals surface area contributed by atoms with E-state index in [1.54, 1.807) is 17.9 Å². The van der Waals surface area contributed by atoms with E-state index >= 15 is 0 Å². The van der Waals surface area contributed by atoms with Gasteiger partial charge in [-0.05, 0) is 57.6 Å². The molecule has 3 fully saturated rings. The van der Waals surface area contributed by atoms with E-state index in [4.69, 9.17) is 4.74 Å². The van der Waals surface area contributed by atoms with Crippen molar-refractivity contribution in [2.75, 3.05) is 6.61 Å². The number of carbonyl (C=O) groups is 2. The summed E-state index contributed by atoms with van der Waals surface area (Å²) < 4.78 is 57.5. The number of H-pyrrole nitrogens is 1. The van der Waals surface area contributed by atoms with Gasteiger partial charge in [-0.1, -0.05) is 0 Å². The highest BCUT2D eigenvalue weighted by Crippen LogP contribution is 2.40. The van der Waals surface area contributed by atoms with Gasteiger partial charge in [0.25, 0.3) is 5.91 Å². The number of piperidine rings is 1. The van der Waals surface area contributed by atoms with Crippen molar-refractivity contribution in [1.29, 1.82) is 0 Å². The predicted molar refractivity (Wildman–Crippen MR) is 119 cm³/mol. The molecule has 3 aliphatic heterocycles. The van der Waals surface area contributed by atoms with Gasteiger partial charge in [0.15, 0.2) is 11.9 Å². The number of ether oxygens (including phenoxy) is 1. The second kappa shape index (κ2) is 9.45. The molecule has 5 atom stereocenters. The Hall–Kier alpha value is -3.02. The zero-order valence-corrected chi connectivity index (χ0v) is 19.6. The number of nitrogens with zero attached hydrogens (tertiary/aromatic N) is 3. The summed E-state index contributed by atoms with van der Waals surface area (Å²) in [5.74, 6) is -1.30. The first-order valence-corrected chi connectivity index (χ1v) is 12.1. The van der Waals surface area contributed by atoms with Crippen LogP contribution in [0.25, 0.3) is 11.3 Å². The second-order valence-electron chi connectivity index (χ2n) is 9.88. The number of aryl methyl sites for hydroxylation is 1. The van der Waals surface area contributed by atoms with Gasteiger partial charge >= 0.3 is 6.18 Å². The van der Waals surface area contributed by atoms with E-state index in [1.165, 1.54) is 6.07 Å². The first-order chi connectivity index (χ1) is 17.1. The number of aromatic amines is 1. The van der Waals surface area contributed by atoms with Crippen LogP contribution in [0.1, 0.15) is 54.7 Å². The Morgan fingerprint density at radius 3 is 2.50 bits per heavy atom.